The van der Waals surface area contributed by atoms with Crippen molar-refractivity contribution in [1.82, 2.24) is 0 Å². The van der Waals surface area contributed by atoms with E-state index in [0.717, 1.165) is 23.9 Å². The molecule has 1 N–H and O–H groups in total. The standard InChI is InChI=1S/C13H7BrF2N2O2S2/c14-10-6-9(21-7-17)2-4-12(10)18-22(19,20)13-5-8(15)1-3-11(13)16/h1-6,18H. The van der Waals surface area contributed by atoms with Gasteiger partial charge in [0.2, 0.25) is 0 Å². The Bertz CT molecular complexity index is 867. The van der Waals surface area contributed by atoms with E-state index in [0.29, 0.717) is 15.4 Å². The number of benzene rings is 2. The minimum atomic E-state index is -4.28. The van der Waals surface area contributed by atoms with E-state index in [4.69, 9.17) is 5.26 Å². The predicted molar refractivity (Wildman–Crippen MR) is 82.8 cm³/mol. The molecule has 4 nitrogen and oxygen atoms in total. The third kappa shape index (κ3) is 3.76. The van der Waals surface area contributed by atoms with Gasteiger partial charge in [-0.1, -0.05) is 0 Å². The first-order valence-electron chi connectivity index (χ1n) is 5.67. The number of nitrogens with one attached hydrogen (secondary N) is 1. The third-order valence-corrected chi connectivity index (χ3v) is 5.15. The smallest absolute Gasteiger partial charge is 0.264 e. The number of halogens is 3. The molecule has 0 fully saturated rings. The van der Waals surface area contributed by atoms with E-state index in [1.807, 2.05) is 5.40 Å². The molecule has 9 heteroatoms. The topological polar surface area (TPSA) is 70.0 Å². The van der Waals surface area contributed by atoms with Crippen LogP contribution < -0.4 is 4.72 Å². The lowest BCUT2D eigenvalue weighted by Gasteiger charge is -2.11. The monoisotopic (exact) mass is 404 g/mol. The maximum Gasteiger partial charge on any atom is 0.264 e. The van der Waals surface area contributed by atoms with Crippen molar-refractivity contribution in [2.45, 2.75) is 9.79 Å². The maximum absolute atomic E-state index is 13.6. The van der Waals surface area contributed by atoms with Gasteiger partial charge in [-0.05, 0) is 64.1 Å². The summed E-state index contributed by atoms with van der Waals surface area (Å²) in [7, 11) is -4.28. The first kappa shape index (κ1) is 16.7. The zero-order valence-corrected chi connectivity index (χ0v) is 13.9. The quantitative estimate of drug-likeness (QED) is 0.614. The lowest BCUT2D eigenvalue weighted by Crippen LogP contribution is -2.15. The van der Waals surface area contributed by atoms with Crippen LogP contribution in [0.25, 0.3) is 0 Å². The summed E-state index contributed by atoms with van der Waals surface area (Å²) in [5, 5.41) is 10.5. The SMILES string of the molecule is N#CSc1ccc(NS(=O)(=O)c2cc(F)ccc2F)c(Br)c1. The van der Waals surface area contributed by atoms with Gasteiger partial charge >= 0.3 is 0 Å². The van der Waals surface area contributed by atoms with Crippen LogP contribution >= 0.6 is 27.7 Å². The molecule has 0 bridgehead atoms. The lowest BCUT2D eigenvalue weighted by molar-refractivity contribution is 0.555. The average molecular weight is 405 g/mol. The number of thioether (sulfide) groups is 1. The second-order valence-corrected chi connectivity index (χ2v) is 7.38. The predicted octanol–water partition coefficient (Wildman–Crippen LogP) is 4.10. The van der Waals surface area contributed by atoms with E-state index in [1.165, 1.54) is 18.2 Å². The third-order valence-electron chi connectivity index (χ3n) is 2.53. The highest BCUT2D eigenvalue weighted by molar-refractivity contribution is 9.10. The van der Waals surface area contributed by atoms with E-state index >= 15 is 0 Å². The molecular formula is C13H7BrF2N2O2S2. The van der Waals surface area contributed by atoms with E-state index < -0.39 is 26.6 Å². The molecule has 0 radical (unpaired) electrons. The first-order chi connectivity index (χ1) is 10.3. The van der Waals surface area contributed by atoms with Gasteiger partial charge < -0.3 is 0 Å². The van der Waals surface area contributed by atoms with Crippen LogP contribution in [-0.2, 0) is 10.0 Å². The van der Waals surface area contributed by atoms with Crippen molar-refractivity contribution < 1.29 is 17.2 Å². The first-order valence-corrected chi connectivity index (χ1v) is 8.76. The van der Waals surface area contributed by atoms with E-state index in [1.54, 1.807) is 0 Å². The van der Waals surface area contributed by atoms with Crippen molar-refractivity contribution in [2.24, 2.45) is 0 Å². The molecule has 2 aromatic rings. The van der Waals surface area contributed by atoms with Gasteiger partial charge in [0.05, 0.1) is 5.69 Å². The zero-order valence-electron chi connectivity index (χ0n) is 10.7. The van der Waals surface area contributed by atoms with Crippen LogP contribution in [-0.4, -0.2) is 8.42 Å². The molecule has 0 saturated heterocycles. The van der Waals surface area contributed by atoms with Crippen LogP contribution in [0.3, 0.4) is 0 Å². The molecule has 114 valence electrons. The van der Waals surface area contributed by atoms with Gasteiger partial charge in [-0.3, -0.25) is 4.72 Å². The van der Waals surface area contributed by atoms with Gasteiger partial charge in [-0.25, -0.2) is 17.2 Å². The summed E-state index contributed by atoms with van der Waals surface area (Å²) in [6.45, 7) is 0. The molecule has 0 saturated carbocycles. The normalized spacial score (nSPS) is 11.0. The van der Waals surface area contributed by atoms with Crippen LogP contribution in [0.15, 0.2) is 50.7 Å². The molecule has 0 aromatic heterocycles. The van der Waals surface area contributed by atoms with Gasteiger partial charge in [-0.15, -0.1) is 0 Å². The maximum atomic E-state index is 13.6. The Morgan fingerprint density at radius 3 is 2.55 bits per heavy atom. The summed E-state index contributed by atoms with van der Waals surface area (Å²) >= 11 is 4.06. The fourth-order valence-corrected chi connectivity index (χ4v) is 3.93. The Morgan fingerprint density at radius 2 is 1.91 bits per heavy atom. The fraction of sp³-hybridized carbons (Fsp3) is 0. The van der Waals surface area contributed by atoms with Crippen molar-refractivity contribution in [2.75, 3.05) is 4.72 Å². The van der Waals surface area contributed by atoms with E-state index in [-0.39, 0.29) is 5.69 Å². The van der Waals surface area contributed by atoms with Crippen LogP contribution in [0.5, 0.6) is 0 Å². The van der Waals surface area contributed by atoms with Crippen LogP contribution in [0, 0.1) is 22.3 Å². The van der Waals surface area contributed by atoms with Crippen LogP contribution in [0.1, 0.15) is 0 Å². The van der Waals surface area contributed by atoms with Crippen LogP contribution in [0.4, 0.5) is 14.5 Å². The summed E-state index contributed by atoms with van der Waals surface area (Å²) in [6.07, 6.45) is 0. The molecule has 0 aliphatic heterocycles. The Labute approximate surface area is 138 Å². The van der Waals surface area contributed by atoms with Gasteiger partial charge in [0.1, 0.15) is 21.9 Å². The summed E-state index contributed by atoms with van der Waals surface area (Å²) in [5.41, 5.74) is 0.144. The van der Waals surface area contributed by atoms with Crippen molar-refractivity contribution in [3.63, 3.8) is 0 Å². The molecule has 2 aromatic carbocycles. The second kappa shape index (κ2) is 6.64. The molecular weight excluding hydrogens is 398 g/mol. The zero-order chi connectivity index (χ0) is 16.3. The fourth-order valence-electron chi connectivity index (χ4n) is 1.58. The molecule has 0 spiro atoms. The van der Waals surface area contributed by atoms with Crippen LogP contribution in [0.2, 0.25) is 0 Å². The number of thiocyanates is 1. The molecule has 0 atom stereocenters. The largest absolute Gasteiger partial charge is 0.278 e. The molecule has 0 aliphatic carbocycles. The summed E-state index contributed by atoms with van der Waals surface area (Å²) < 4.78 is 53.5. The number of hydrogen-bond donors (Lipinski definition) is 1. The lowest BCUT2D eigenvalue weighted by atomic mass is 10.3. The summed E-state index contributed by atoms with van der Waals surface area (Å²) in [4.78, 5) is -0.177. The minimum Gasteiger partial charge on any atom is -0.278 e. The molecule has 2 rings (SSSR count). The molecule has 22 heavy (non-hydrogen) atoms. The second-order valence-electron chi connectivity index (χ2n) is 4.02. The molecule has 0 heterocycles. The minimum absolute atomic E-state index is 0.144. The van der Waals surface area contributed by atoms with Crippen molar-refractivity contribution in [3.05, 3.63) is 52.5 Å². The van der Waals surface area contributed by atoms with Gasteiger partial charge in [0.25, 0.3) is 10.0 Å². The van der Waals surface area contributed by atoms with E-state index in [2.05, 4.69) is 20.7 Å². The van der Waals surface area contributed by atoms with Crippen molar-refractivity contribution >= 4 is 43.4 Å². The van der Waals surface area contributed by atoms with Crippen molar-refractivity contribution in [1.29, 1.82) is 5.26 Å². The number of nitrogens with zero attached hydrogens (tertiary/aromatic N) is 1. The average Bonchev–Trinajstić information content (AvgIpc) is 2.44. The van der Waals surface area contributed by atoms with Gasteiger partial charge in [0, 0.05) is 9.37 Å². The van der Waals surface area contributed by atoms with Gasteiger partial charge in [0.15, 0.2) is 0 Å². The van der Waals surface area contributed by atoms with Crippen molar-refractivity contribution in [3.8, 4) is 5.40 Å². The Kier molecular flexibility index (Phi) is 5.05. The number of hydrogen-bond acceptors (Lipinski definition) is 4. The highest BCUT2D eigenvalue weighted by Crippen LogP contribution is 2.30. The Balaban J connectivity index is 2.37. The Hall–Kier alpha value is -1.63. The Morgan fingerprint density at radius 1 is 1.18 bits per heavy atom. The number of rotatable bonds is 4. The summed E-state index contributed by atoms with van der Waals surface area (Å²) in [6, 6.07) is 6.65. The van der Waals surface area contributed by atoms with Gasteiger partial charge in [-0.2, -0.15) is 5.26 Å². The summed E-state index contributed by atoms with van der Waals surface area (Å²) in [5.74, 6) is -1.91. The molecule has 0 amide bonds. The number of anilines is 1. The number of sulfonamides is 1. The van der Waals surface area contributed by atoms with E-state index in [9.17, 15) is 17.2 Å². The highest BCUT2D eigenvalue weighted by atomic mass is 79.9. The molecule has 0 aliphatic rings. The number of nitriles is 1. The molecule has 0 unspecified atom stereocenters. The highest BCUT2D eigenvalue weighted by Gasteiger charge is 2.21.